The van der Waals surface area contributed by atoms with Crippen LogP contribution in [0.25, 0.3) is 0 Å². The molecule has 0 aliphatic carbocycles. The minimum atomic E-state index is -3.72. The van der Waals surface area contributed by atoms with Gasteiger partial charge in [-0.25, -0.2) is 13.4 Å². The minimum Gasteiger partial charge on any atom is -0.481 e. The molecule has 22 heavy (non-hydrogen) atoms. The van der Waals surface area contributed by atoms with Crippen LogP contribution in [0.1, 0.15) is 26.7 Å². The van der Waals surface area contributed by atoms with E-state index in [1.807, 2.05) is 13.8 Å². The van der Waals surface area contributed by atoms with E-state index in [0.29, 0.717) is 25.3 Å². The lowest BCUT2D eigenvalue weighted by Gasteiger charge is -2.29. The van der Waals surface area contributed by atoms with Crippen molar-refractivity contribution in [3.63, 3.8) is 0 Å². The normalized spacial score (nSPS) is 20.0. The molecule has 1 saturated heterocycles. The van der Waals surface area contributed by atoms with E-state index >= 15 is 0 Å². The Hall–Kier alpha value is -1.67. The van der Waals surface area contributed by atoms with Crippen molar-refractivity contribution in [2.45, 2.75) is 37.7 Å². The third kappa shape index (κ3) is 3.75. The standard InChI is InChI=1S/C14H20N2O5S/c1-10(2)21-13-6-5-12(8-15-13)22(19,20)16-7-3-4-11(9-16)14(17)18/h5-6,8,10-11H,3-4,7,9H2,1-2H3,(H,17,18). The van der Waals surface area contributed by atoms with Crippen LogP contribution in [0.5, 0.6) is 5.88 Å². The molecule has 122 valence electrons. The summed E-state index contributed by atoms with van der Waals surface area (Å²) in [7, 11) is -3.72. The number of carbonyl (C=O) groups is 1. The summed E-state index contributed by atoms with van der Waals surface area (Å²) in [5.74, 6) is -1.25. The van der Waals surface area contributed by atoms with Crippen LogP contribution < -0.4 is 4.74 Å². The van der Waals surface area contributed by atoms with E-state index in [1.165, 1.54) is 22.6 Å². The number of hydrogen-bond acceptors (Lipinski definition) is 5. The molecular formula is C14H20N2O5S. The van der Waals surface area contributed by atoms with Gasteiger partial charge in [0.05, 0.1) is 18.2 Å². The Labute approximate surface area is 130 Å². The van der Waals surface area contributed by atoms with Crippen molar-refractivity contribution in [2.24, 2.45) is 5.92 Å². The summed E-state index contributed by atoms with van der Waals surface area (Å²) in [6, 6.07) is 2.94. The highest BCUT2D eigenvalue weighted by molar-refractivity contribution is 7.89. The number of pyridine rings is 1. The summed E-state index contributed by atoms with van der Waals surface area (Å²) in [5.41, 5.74) is 0. The average molecular weight is 328 g/mol. The Morgan fingerprint density at radius 3 is 2.73 bits per heavy atom. The zero-order chi connectivity index (χ0) is 16.3. The quantitative estimate of drug-likeness (QED) is 0.876. The largest absolute Gasteiger partial charge is 0.481 e. The number of carboxylic acids is 1. The first kappa shape index (κ1) is 16.7. The van der Waals surface area contributed by atoms with Gasteiger partial charge in [-0.2, -0.15) is 4.31 Å². The minimum absolute atomic E-state index is 0.00190. The predicted molar refractivity (Wildman–Crippen MR) is 79.1 cm³/mol. The first-order valence-corrected chi connectivity index (χ1v) is 8.60. The Balaban J connectivity index is 2.17. The fraction of sp³-hybridized carbons (Fsp3) is 0.571. The Morgan fingerprint density at radius 2 is 2.18 bits per heavy atom. The van der Waals surface area contributed by atoms with Gasteiger partial charge in [-0.15, -0.1) is 0 Å². The molecule has 1 aliphatic heterocycles. The number of sulfonamides is 1. The van der Waals surface area contributed by atoms with Crippen LogP contribution in [0.15, 0.2) is 23.2 Å². The van der Waals surface area contributed by atoms with E-state index in [9.17, 15) is 13.2 Å². The Bertz CT molecular complexity index is 627. The van der Waals surface area contributed by atoms with E-state index in [4.69, 9.17) is 9.84 Å². The number of nitrogens with zero attached hydrogens (tertiary/aromatic N) is 2. The van der Waals surface area contributed by atoms with Crippen LogP contribution >= 0.6 is 0 Å². The SMILES string of the molecule is CC(C)Oc1ccc(S(=O)(=O)N2CCCC(C(=O)O)C2)cn1. The zero-order valence-corrected chi connectivity index (χ0v) is 13.4. The molecule has 1 aromatic rings. The number of ether oxygens (including phenoxy) is 1. The molecule has 0 aromatic carbocycles. The van der Waals surface area contributed by atoms with Gasteiger partial charge in [-0.1, -0.05) is 0 Å². The van der Waals surface area contributed by atoms with E-state index in [1.54, 1.807) is 0 Å². The molecule has 1 aliphatic rings. The van der Waals surface area contributed by atoms with Crippen LogP contribution in [0.3, 0.4) is 0 Å². The number of aliphatic carboxylic acids is 1. The molecule has 0 amide bonds. The molecule has 0 bridgehead atoms. The van der Waals surface area contributed by atoms with Gasteiger partial charge in [0.15, 0.2) is 0 Å². The second kappa shape index (κ2) is 6.62. The number of hydrogen-bond donors (Lipinski definition) is 1. The first-order valence-electron chi connectivity index (χ1n) is 7.16. The number of aromatic nitrogens is 1. The van der Waals surface area contributed by atoms with Crippen molar-refractivity contribution in [3.8, 4) is 5.88 Å². The van der Waals surface area contributed by atoms with E-state index in [2.05, 4.69) is 4.98 Å². The summed E-state index contributed by atoms with van der Waals surface area (Å²) in [6.07, 6.45) is 2.24. The van der Waals surface area contributed by atoms with Crippen LogP contribution in [-0.4, -0.2) is 48.0 Å². The van der Waals surface area contributed by atoms with Crippen molar-refractivity contribution in [1.82, 2.24) is 9.29 Å². The van der Waals surface area contributed by atoms with Crippen molar-refractivity contribution < 1.29 is 23.1 Å². The van der Waals surface area contributed by atoms with E-state index < -0.39 is 21.9 Å². The zero-order valence-electron chi connectivity index (χ0n) is 12.6. The fourth-order valence-corrected chi connectivity index (χ4v) is 3.81. The van der Waals surface area contributed by atoms with E-state index in [0.717, 1.165) is 0 Å². The van der Waals surface area contributed by atoms with Gasteiger partial charge in [0.1, 0.15) is 4.90 Å². The van der Waals surface area contributed by atoms with Gasteiger partial charge in [0.25, 0.3) is 0 Å². The molecule has 1 fully saturated rings. The highest BCUT2D eigenvalue weighted by atomic mass is 32.2. The first-order chi connectivity index (χ1) is 10.3. The third-order valence-electron chi connectivity index (χ3n) is 3.44. The number of piperidine rings is 1. The third-order valence-corrected chi connectivity index (χ3v) is 5.29. The lowest BCUT2D eigenvalue weighted by atomic mass is 10.0. The maximum Gasteiger partial charge on any atom is 0.307 e. The summed E-state index contributed by atoms with van der Waals surface area (Å²) in [6.45, 7) is 4.04. The van der Waals surface area contributed by atoms with Crippen molar-refractivity contribution in [1.29, 1.82) is 0 Å². The van der Waals surface area contributed by atoms with Gasteiger partial charge in [-0.05, 0) is 32.8 Å². The summed E-state index contributed by atoms with van der Waals surface area (Å²) in [5, 5.41) is 9.06. The highest BCUT2D eigenvalue weighted by Gasteiger charge is 2.33. The number of rotatable bonds is 5. The van der Waals surface area contributed by atoms with Crippen molar-refractivity contribution in [2.75, 3.05) is 13.1 Å². The van der Waals surface area contributed by atoms with Crippen LogP contribution in [0.4, 0.5) is 0 Å². The second-order valence-electron chi connectivity index (χ2n) is 5.54. The maximum absolute atomic E-state index is 12.5. The smallest absolute Gasteiger partial charge is 0.307 e. The molecule has 8 heteroatoms. The van der Waals surface area contributed by atoms with Crippen LogP contribution in [0, 0.1) is 5.92 Å². The van der Waals surface area contributed by atoms with Crippen molar-refractivity contribution in [3.05, 3.63) is 18.3 Å². The fourth-order valence-electron chi connectivity index (χ4n) is 2.34. The molecule has 2 heterocycles. The van der Waals surface area contributed by atoms with Gasteiger partial charge in [0, 0.05) is 19.2 Å². The summed E-state index contributed by atoms with van der Waals surface area (Å²) >= 11 is 0. The van der Waals surface area contributed by atoms with Gasteiger partial charge in [-0.3, -0.25) is 4.79 Å². The van der Waals surface area contributed by atoms with Crippen molar-refractivity contribution >= 4 is 16.0 Å². The Kier molecular flexibility index (Phi) is 5.02. The molecular weight excluding hydrogens is 308 g/mol. The Morgan fingerprint density at radius 1 is 1.45 bits per heavy atom. The molecule has 7 nitrogen and oxygen atoms in total. The predicted octanol–water partition coefficient (Wildman–Crippen LogP) is 1.35. The monoisotopic (exact) mass is 328 g/mol. The molecule has 1 unspecified atom stereocenters. The summed E-state index contributed by atoms with van der Waals surface area (Å²) < 4.78 is 31.7. The molecule has 1 atom stereocenters. The van der Waals surface area contributed by atoms with Crippen LogP contribution in [0.2, 0.25) is 0 Å². The molecule has 0 radical (unpaired) electrons. The van der Waals surface area contributed by atoms with Gasteiger partial charge < -0.3 is 9.84 Å². The molecule has 2 rings (SSSR count). The maximum atomic E-state index is 12.5. The molecule has 0 spiro atoms. The average Bonchev–Trinajstić information content (AvgIpc) is 2.47. The van der Waals surface area contributed by atoms with Gasteiger partial charge in [0.2, 0.25) is 15.9 Å². The topological polar surface area (TPSA) is 96.8 Å². The number of carboxylic acid groups (broad SMARTS) is 1. The van der Waals surface area contributed by atoms with E-state index in [-0.39, 0.29) is 17.5 Å². The molecule has 0 saturated carbocycles. The molecule has 1 N–H and O–H groups in total. The van der Waals surface area contributed by atoms with Gasteiger partial charge >= 0.3 is 5.97 Å². The summed E-state index contributed by atoms with van der Waals surface area (Å²) in [4.78, 5) is 15.1. The lowest BCUT2D eigenvalue weighted by Crippen LogP contribution is -2.42. The molecule has 1 aromatic heterocycles. The van der Waals surface area contributed by atoms with Crippen LogP contribution in [-0.2, 0) is 14.8 Å². The highest BCUT2D eigenvalue weighted by Crippen LogP contribution is 2.24. The second-order valence-corrected chi connectivity index (χ2v) is 7.48. The lowest BCUT2D eigenvalue weighted by molar-refractivity contribution is -0.142.